The number of nitrogens with one attached hydrogen (secondary N) is 2. The van der Waals surface area contributed by atoms with Crippen LogP contribution in [0.2, 0.25) is 0 Å². The van der Waals surface area contributed by atoms with Crippen LogP contribution in [0.4, 0.5) is 4.39 Å². The number of carbonyl (C=O) groups excluding carboxylic acids is 1. The van der Waals surface area contributed by atoms with Gasteiger partial charge in [0.1, 0.15) is 11.9 Å². The molecule has 1 aliphatic heterocycles. The summed E-state index contributed by atoms with van der Waals surface area (Å²) < 4.78 is 13.2. The molecule has 0 radical (unpaired) electrons. The van der Waals surface area contributed by atoms with Crippen molar-refractivity contribution >= 4 is 5.91 Å². The number of likely N-dealkylation sites (N-methyl/N-ethyl adjacent to an activating group) is 2. The Labute approximate surface area is 143 Å². The second-order valence-corrected chi connectivity index (χ2v) is 7.30. The van der Waals surface area contributed by atoms with Crippen molar-refractivity contribution in [1.82, 2.24) is 20.7 Å². The molecule has 1 aromatic rings. The molecule has 2 aliphatic rings. The molecule has 1 aliphatic carbocycles. The SMILES string of the molecule is CN(CC1CC(C2CC2)NN1)C(=O)C(c1ccc(F)cc1)N(C)C. The number of amides is 1. The molecule has 1 saturated heterocycles. The van der Waals surface area contributed by atoms with Crippen LogP contribution < -0.4 is 10.9 Å². The van der Waals surface area contributed by atoms with Crippen molar-refractivity contribution in [3.05, 3.63) is 35.6 Å². The molecule has 1 heterocycles. The lowest BCUT2D eigenvalue weighted by Gasteiger charge is -2.30. The van der Waals surface area contributed by atoms with E-state index in [4.69, 9.17) is 0 Å². The third kappa shape index (κ3) is 3.94. The Hall–Kier alpha value is -1.50. The Morgan fingerprint density at radius 2 is 1.88 bits per heavy atom. The summed E-state index contributed by atoms with van der Waals surface area (Å²) in [6.07, 6.45) is 3.69. The summed E-state index contributed by atoms with van der Waals surface area (Å²) in [6, 6.07) is 6.60. The van der Waals surface area contributed by atoms with Crippen molar-refractivity contribution < 1.29 is 9.18 Å². The molecule has 1 saturated carbocycles. The maximum atomic E-state index is 13.2. The van der Waals surface area contributed by atoms with E-state index in [1.807, 2.05) is 26.0 Å². The maximum Gasteiger partial charge on any atom is 0.244 e. The van der Waals surface area contributed by atoms with Crippen LogP contribution >= 0.6 is 0 Å². The highest BCUT2D eigenvalue weighted by Gasteiger charge is 2.37. The van der Waals surface area contributed by atoms with Crippen LogP contribution in [0.15, 0.2) is 24.3 Å². The second kappa shape index (κ2) is 7.17. The summed E-state index contributed by atoms with van der Waals surface area (Å²) >= 11 is 0. The van der Waals surface area contributed by atoms with Crippen LogP contribution in [0.5, 0.6) is 0 Å². The Bertz CT molecular complexity index is 573. The van der Waals surface area contributed by atoms with Gasteiger partial charge in [-0.2, -0.15) is 0 Å². The number of benzene rings is 1. The van der Waals surface area contributed by atoms with Gasteiger partial charge in [-0.05, 0) is 57.0 Å². The molecular weight excluding hydrogens is 307 g/mol. The molecular formula is C18H27FN4O. The molecule has 0 aromatic heterocycles. The fourth-order valence-electron chi connectivity index (χ4n) is 3.51. The van der Waals surface area contributed by atoms with E-state index in [0.717, 1.165) is 17.9 Å². The van der Waals surface area contributed by atoms with Crippen LogP contribution in [0.3, 0.4) is 0 Å². The van der Waals surface area contributed by atoms with Crippen LogP contribution in [0.1, 0.15) is 30.9 Å². The van der Waals surface area contributed by atoms with Gasteiger partial charge in [-0.1, -0.05) is 12.1 Å². The first-order valence-electron chi connectivity index (χ1n) is 8.63. The van der Waals surface area contributed by atoms with Gasteiger partial charge in [0.2, 0.25) is 5.91 Å². The summed E-state index contributed by atoms with van der Waals surface area (Å²) in [5.74, 6) is 0.546. The third-order valence-corrected chi connectivity index (χ3v) is 5.01. The van der Waals surface area contributed by atoms with E-state index in [9.17, 15) is 9.18 Å². The van der Waals surface area contributed by atoms with E-state index in [1.165, 1.54) is 25.0 Å². The fraction of sp³-hybridized carbons (Fsp3) is 0.611. The molecule has 1 amide bonds. The van der Waals surface area contributed by atoms with Gasteiger partial charge in [-0.3, -0.25) is 20.5 Å². The zero-order chi connectivity index (χ0) is 17.3. The number of hydrazine groups is 1. The lowest BCUT2D eigenvalue weighted by atomic mass is 10.0. The lowest BCUT2D eigenvalue weighted by molar-refractivity contribution is -0.135. The summed E-state index contributed by atoms with van der Waals surface area (Å²) in [4.78, 5) is 16.6. The zero-order valence-electron chi connectivity index (χ0n) is 14.6. The van der Waals surface area contributed by atoms with Gasteiger partial charge >= 0.3 is 0 Å². The molecule has 2 N–H and O–H groups in total. The van der Waals surface area contributed by atoms with E-state index in [2.05, 4.69) is 10.9 Å². The Morgan fingerprint density at radius 1 is 1.21 bits per heavy atom. The largest absolute Gasteiger partial charge is 0.342 e. The maximum absolute atomic E-state index is 13.2. The molecule has 0 bridgehead atoms. The van der Waals surface area contributed by atoms with E-state index in [1.54, 1.807) is 17.0 Å². The van der Waals surface area contributed by atoms with Crippen molar-refractivity contribution in [3.8, 4) is 0 Å². The van der Waals surface area contributed by atoms with Crippen molar-refractivity contribution in [3.63, 3.8) is 0 Å². The number of halogens is 1. The van der Waals surface area contributed by atoms with Crippen LogP contribution in [0.25, 0.3) is 0 Å². The van der Waals surface area contributed by atoms with Crippen molar-refractivity contribution in [2.75, 3.05) is 27.7 Å². The van der Waals surface area contributed by atoms with Gasteiger partial charge in [0.15, 0.2) is 0 Å². The molecule has 3 unspecified atom stereocenters. The average molecular weight is 334 g/mol. The van der Waals surface area contributed by atoms with Gasteiger partial charge in [0, 0.05) is 25.7 Å². The van der Waals surface area contributed by atoms with Crippen LogP contribution in [-0.2, 0) is 4.79 Å². The predicted octanol–water partition coefficient (Wildman–Crippen LogP) is 1.53. The quantitative estimate of drug-likeness (QED) is 0.828. The molecule has 2 fully saturated rings. The van der Waals surface area contributed by atoms with Gasteiger partial charge in [-0.25, -0.2) is 4.39 Å². The topological polar surface area (TPSA) is 47.6 Å². The summed E-state index contributed by atoms with van der Waals surface area (Å²) in [7, 11) is 5.59. The summed E-state index contributed by atoms with van der Waals surface area (Å²) in [5, 5.41) is 0. The first kappa shape index (κ1) is 17.3. The van der Waals surface area contributed by atoms with Gasteiger partial charge < -0.3 is 4.90 Å². The molecule has 5 nitrogen and oxygen atoms in total. The molecule has 24 heavy (non-hydrogen) atoms. The number of carbonyl (C=O) groups is 1. The Morgan fingerprint density at radius 3 is 2.46 bits per heavy atom. The average Bonchev–Trinajstić information content (AvgIpc) is 3.29. The number of hydrogen-bond acceptors (Lipinski definition) is 4. The first-order chi connectivity index (χ1) is 11.5. The molecule has 3 atom stereocenters. The number of rotatable bonds is 6. The highest BCUT2D eigenvalue weighted by molar-refractivity contribution is 5.83. The van der Waals surface area contributed by atoms with E-state index >= 15 is 0 Å². The minimum absolute atomic E-state index is 0.0308. The minimum atomic E-state index is -0.399. The molecule has 6 heteroatoms. The van der Waals surface area contributed by atoms with Crippen LogP contribution in [0, 0.1) is 11.7 Å². The monoisotopic (exact) mass is 334 g/mol. The molecule has 3 rings (SSSR count). The lowest BCUT2D eigenvalue weighted by Crippen LogP contribution is -2.45. The van der Waals surface area contributed by atoms with Gasteiger partial charge in [-0.15, -0.1) is 0 Å². The summed E-state index contributed by atoms with van der Waals surface area (Å²) in [6.45, 7) is 0.667. The second-order valence-electron chi connectivity index (χ2n) is 7.30. The van der Waals surface area contributed by atoms with E-state index in [-0.39, 0.29) is 17.8 Å². The highest BCUT2D eigenvalue weighted by Crippen LogP contribution is 2.35. The Balaban J connectivity index is 1.62. The highest BCUT2D eigenvalue weighted by atomic mass is 19.1. The van der Waals surface area contributed by atoms with E-state index < -0.39 is 6.04 Å². The molecule has 1 aromatic carbocycles. The van der Waals surface area contributed by atoms with Crippen molar-refractivity contribution in [2.24, 2.45) is 5.92 Å². The van der Waals surface area contributed by atoms with Gasteiger partial charge in [0.05, 0.1) is 0 Å². The first-order valence-corrected chi connectivity index (χ1v) is 8.63. The van der Waals surface area contributed by atoms with Crippen LogP contribution in [-0.4, -0.2) is 55.5 Å². The number of nitrogens with zero attached hydrogens (tertiary/aromatic N) is 2. The molecule has 132 valence electrons. The zero-order valence-corrected chi connectivity index (χ0v) is 14.6. The normalized spacial score (nSPS) is 25.0. The van der Waals surface area contributed by atoms with Crippen molar-refractivity contribution in [1.29, 1.82) is 0 Å². The standard InChI is InChI=1S/C18H27FN4O/c1-22(2)17(13-6-8-14(19)9-7-13)18(24)23(3)11-15-10-16(21-20-15)12-4-5-12/h6-9,12,15-17,20-21H,4-5,10-11H2,1-3H3. The summed E-state index contributed by atoms with van der Waals surface area (Å²) in [5.41, 5.74) is 7.50. The number of hydrogen-bond donors (Lipinski definition) is 2. The minimum Gasteiger partial charge on any atom is -0.342 e. The predicted molar refractivity (Wildman–Crippen MR) is 91.7 cm³/mol. The van der Waals surface area contributed by atoms with E-state index in [0.29, 0.717) is 12.6 Å². The Kier molecular flexibility index (Phi) is 5.18. The van der Waals surface area contributed by atoms with Gasteiger partial charge in [0.25, 0.3) is 0 Å². The molecule has 0 spiro atoms. The third-order valence-electron chi connectivity index (χ3n) is 5.01. The fourth-order valence-corrected chi connectivity index (χ4v) is 3.51. The van der Waals surface area contributed by atoms with Crippen molar-refractivity contribution in [2.45, 2.75) is 37.4 Å². The smallest absolute Gasteiger partial charge is 0.244 e.